The van der Waals surface area contributed by atoms with E-state index >= 15 is 0 Å². The van der Waals surface area contributed by atoms with E-state index in [1.54, 1.807) is 19.9 Å². The number of rotatable bonds is 12. The summed E-state index contributed by atoms with van der Waals surface area (Å²) in [4.78, 5) is 30.3. The third-order valence-electron chi connectivity index (χ3n) is 5.57. The predicted octanol–water partition coefficient (Wildman–Crippen LogP) is 4.61. The summed E-state index contributed by atoms with van der Waals surface area (Å²) in [6.45, 7) is 5.05. The fraction of sp³-hybridized carbons (Fsp3) is 0.370. The molecule has 0 spiro atoms. The molecule has 0 fully saturated rings. The molecule has 3 rings (SSSR count). The number of carbonyl (C=O) groups excluding carboxylic acids is 2. The van der Waals surface area contributed by atoms with E-state index in [9.17, 15) is 9.59 Å². The third kappa shape index (κ3) is 7.97. The topological polar surface area (TPSA) is 78.7 Å². The summed E-state index contributed by atoms with van der Waals surface area (Å²) in [6, 6.07) is 21.7. The first-order valence-electron chi connectivity index (χ1n) is 11.7. The van der Waals surface area contributed by atoms with E-state index < -0.39 is 5.25 Å². The van der Waals surface area contributed by atoms with Crippen LogP contribution < -0.4 is 5.32 Å². The number of aromatic nitrogens is 1. The lowest BCUT2D eigenvalue weighted by Crippen LogP contribution is -2.39. The Morgan fingerprint density at radius 3 is 2.11 bits per heavy atom. The Morgan fingerprint density at radius 1 is 1.00 bits per heavy atom. The number of anilines is 1. The molecule has 3 aromatic rings. The van der Waals surface area contributed by atoms with Gasteiger partial charge in [-0.2, -0.15) is 0 Å². The van der Waals surface area contributed by atoms with Crippen LogP contribution in [0.4, 0.5) is 5.82 Å². The van der Waals surface area contributed by atoms with Crippen LogP contribution in [0, 0.1) is 6.92 Å². The third-order valence-corrected chi connectivity index (χ3v) is 6.70. The normalized spacial score (nSPS) is 12.1. The van der Waals surface area contributed by atoms with Crippen LogP contribution in [-0.4, -0.2) is 65.0 Å². The molecule has 0 aliphatic rings. The molecular weight excluding hydrogens is 460 g/mol. The first-order valence-corrected chi connectivity index (χ1v) is 12.8. The number of nitrogens with one attached hydrogen (secondary N) is 1. The molecule has 7 nitrogen and oxygen atoms in total. The van der Waals surface area contributed by atoms with Gasteiger partial charge in [0.05, 0.1) is 17.0 Å². The Morgan fingerprint density at radius 2 is 1.60 bits per heavy atom. The van der Waals surface area contributed by atoms with E-state index in [0.717, 1.165) is 24.1 Å². The SMILES string of the molecule is Cc1cc(NC(=O)C(C)SCC(=O)N(CCCN(C)C)C(c2ccccc2)c2ccccc2)no1. The summed E-state index contributed by atoms with van der Waals surface area (Å²) in [5, 5.41) is 6.12. The van der Waals surface area contributed by atoms with Crippen LogP contribution in [-0.2, 0) is 9.59 Å². The van der Waals surface area contributed by atoms with E-state index in [1.807, 2.05) is 55.4 Å². The van der Waals surface area contributed by atoms with Crippen molar-refractivity contribution in [2.75, 3.05) is 38.3 Å². The van der Waals surface area contributed by atoms with Crippen molar-refractivity contribution in [3.63, 3.8) is 0 Å². The predicted molar refractivity (Wildman–Crippen MR) is 141 cm³/mol. The number of benzene rings is 2. The fourth-order valence-electron chi connectivity index (χ4n) is 3.79. The van der Waals surface area contributed by atoms with E-state index in [2.05, 4.69) is 39.6 Å². The van der Waals surface area contributed by atoms with Gasteiger partial charge in [0.15, 0.2) is 5.82 Å². The monoisotopic (exact) mass is 494 g/mol. The number of amides is 2. The van der Waals surface area contributed by atoms with Gasteiger partial charge in [0.1, 0.15) is 5.76 Å². The van der Waals surface area contributed by atoms with E-state index in [4.69, 9.17) is 4.52 Å². The van der Waals surface area contributed by atoms with E-state index in [0.29, 0.717) is 18.1 Å². The highest BCUT2D eigenvalue weighted by atomic mass is 32.2. The second-order valence-electron chi connectivity index (χ2n) is 8.73. The minimum atomic E-state index is -0.425. The summed E-state index contributed by atoms with van der Waals surface area (Å²) in [6.07, 6.45) is 0.848. The van der Waals surface area contributed by atoms with Gasteiger partial charge >= 0.3 is 0 Å². The summed E-state index contributed by atoms with van der Waals surface area (Å²) in [7, 11) is 4.06. The van der Waals surface area contributed by atoms with Crippen molar-refractivity contribution in [3.8, 4) is 0 Å². The lowest BCUT2D eigenvalue weighted by Gasteiger charge is -2.33. The largest absolute Gasteiger partial charge is 0.360 e. The highest BCUT2D eigenvalue weighted by Crippen LogP contribution is 2.30. The molecule has 0 bridgehead atoms. The van der Waals surface area contributed by atoms with Gasteiger partial charge in [0.2, 0.25) is 11.8 Å². The van der Waals surface area contributed by atoms with Crippen molar-refractivity contribution in [3.05, 3.63) is 83.6 Å². The Bertz CT molecular complexity index is 1030. The number of hydrogen-bond acceptors (Lipinski definition) is 6. The van der Waals surface area contributed by atoms with Crippen LogP contribution in [0.25, 0.3) is 0 Å². The maximum absolute atomic E-state index is 13.6. The standard InChI is InChI=1S/C27H34N4O3S/c1-20-18-24(29-34-20)28-27(33)21(2)35-19-25(32)31(17-11-16-30(3)4)26(22-12-7-5-8-13-22)23-14-9-6-10-15-23/h5-10,12-15,18,21,26H,11,16-17,19H2,1-4H3,(H,28,29,33). The van der Waals surface area contributed by atoms with Crippen molar-refractivity contribution >= 4 is 29.4 Å². The van der Waals surface area contributed by atoms with Gasteiger partial charge in [-0.15, -0.1) is 11.8 Å². The van der Waals surface area contributed by atoms with Crippen LogP contribution in [0.15, 0.2) is 71.3 Å². The zero-order valence-electron chi connectivity index (χ0n) is 20.8. The first kappa shape index (κ1) is 26.5. The summed E-state index contributed by atoms with van der Waals surface area (Å²) >= 11 is 1.32. The van der Waals surface area contributed by atoms with Gasteiger partial charge in [0, 0.05) is 12.6 Å². The van der Waals surface area contributed by atoms with Crippen molar-refractivity contribution in [2.45, 2.75) is 31.6 Å². The molecule has 2 aromatic carbocycles. The molecule has 0 aliphatic carbocycles. The minimum absolute atomic E-state index is 0.00314. The molecule has 0 aliphatic heterocycles. The number of nitrogens with zero attached hydrogens (tertiary/aromatic N) is 3. The molecule has 0 saturated carbocycles. The molecule has 1 heterocycles. The molecular formula is C27H34N4O3S. The molecule has 0 saturated heterocycles. The Kier molecular flexibility index (Phi) is 9.93. The quantitative estimate of drug-likeness (QED) is 0.396. The first-order chi connectivity index (χ1) is 16.8. The Hall–Kier alpha value is -3.10. The lowest BCUT2D eigenvalue weighted by molar-refractivity contribution is -0.130. The summed E-state index contributed by atoms with van der Waals surface area (Å²) in [5.41, 5.74) is 2.13. The van der Waals surface area contributed by atoms with Crippen molar-refractivity contribution < 1.29 is 14.1 Å². The minimum Gasteiger partial charge on any atom is -0.360 e. The molecule has 0 radical (unpaired) electrons. The second kappa shape index (κ2) is 13.1. The van der Waals surface area contributed by atoms with Crippen LogP contribution in [0.2, 0.25) is 0 Å². The average Bonchev–Trinajstić information content (AvgIpc) is 3.27. The number of carbonyl (C=O) groups is 2. The van der Waals surface area contributed by atoms with Crippen LogP contribution in [0.1, 0.15) is 36.3 Å². The fourth-order valence-corrected chi connectivity index (χ4v) is 4.55. The van der Waals surface area contributed by atoms with Crippen molar-refractivity contribution in [2.24, 2.45) is 0 Å². The number of hydrogen-bond donors (Lipinski definition) is 1. The Labute approximate surface area is 211 Å². The number of aryl methyl sites for hydroxylation is 1. The van der Waals surface area contributed by atoms with Gasteiger partial charge in [0.25, 0.3) is 0 Å². The molecule has 186 valence electrons. The zero-order chi connectivity index (χ0) is 25.2. The Balaban J connectivity index is 1.76. The van der Waals surface area contributed by atoms with Gasteiger partial charge in [-0.1, -0.05) is 65.8 Å². The van der Waals surface area contributed by atoms with Gasteiger partial charge in [-0.25, -0.2) is 0 Å². The highest BCUT2D eigenvalue weighted by molar-refractivity contribution is 8.01. The van der Waals surface area contributed by atoms with Crippen molar-refractivity contribution in [1.82, 2.24) is 15.0 Å². The molecule has 1 aromatic heterocycles. The maximum Gasteiger partial charge on any atom is 0.238 e. The molecule has 35 heavy (non-hydrogen) atoms. The highest BCUT2D eigenvalue weighted by Gasteiger charge is 2.27. The lowest BCUT2D eigenvalue weighted by atomic mass is 9.96. The molecule has 8 heteroatoms. The van der Waals surface area contributed by atoms with E-state index in [1.165, 1.54) is 11.8 Å². The molecule has 1 N–H and O–H groups in total. The van der Waals surface area contributed by atoms with Gasteiger partial charge in [-0.05, 0) is 52.0 Å². The van der Waals surface area contributed by atoms with Gasteiger partial charge < -0.3 is 19.6 Å². The second-order valence-corrected chi connectivity index (χ2v) is 10.1. The van der Waals surface area contributed by atoms with Crippen LogP contribution in [0.5, 0.6) is 0 Å². The van der Waals surface area contributed by atoms with E-state index in [-0.39, 0.29) is 23.6 Å². The average molecular weight is 495 g/mol. The summed E-state index contributed by atoms with van der Waals surface area (Å²) in [5.74, 6) is 0.994. The van der Waals surface area contributed by atoms with Crippen LogP contribution in [0.3, 0.4) is 0 Å². The van der Waals surface area contributed by atoms with Crippen LogP contribution >= 0.6 is 11.8 Å². The van der Waals surface area contributed by atoms with Gasteiger partial charge in [-0.3, -0.25) is 9.59 Å². The zero-order valence-corrected chi connectivity index (χ0v) is 21.6. The number of thioether (sulfide) groups is 1. The van der Waals surface area contributed by atoms with Crippen molar-refractivity contribution in [1.29, 1.82) is 0 Å². The maximum atomic E-state index is 13.6. The molecule has 2 amide bonds. The summed E-state index contributed by atoms with van der Waals surface area (Å²) < 4.78 is 5.00. The smallest absolute Gasteiger partial charge is 0.238 e. The molecule has 1 unspecified atom stereocenters. The molecule has 1 atom stereocenters.